The molecule has 2 amide bonds. The van der Waals surface area contributed by atoms with Crippen LogP contribution in [0.4, 0.5) is 4.39 Å². The number of amides is 2. The Kier molecular flexibility index (Phi) is 4.91. The number of nitrogens with one attached hydrogen (secondary N) is 3. The summed E-state index contributed by atoms with van der Waals surface area (Å²) in [5, 5.41) is 6.18. The molecule has 3 atom stereocenters. The van der Waals surface area contributed by atoms with Crippen molar-refractivity contribution in [2.24, 2.45) is 5.92 Å². The molecular formula is C21H25ClFN3O4. The van der Waals surface area contributed by atoms with Crippen LogP contribution >= 0.6 is 11.6 Å². The average molecular weight is 438 g/mol. The maximum atomic E-state index is 13.4. The van der Waals surface area contributed by atoms with Gasteiger partial charge in [-0.05, 0) is 44.2 Å². The van der Waals surface area contributed by atoms with Gasteiger partial charge < -0.3 is 15.4 Å². The van der Waals surface area contributed by atoms with Gasteiger partial charge in [0.15, 0.2) is 6.61 Å². The molecule has 1 saturated heterocycles. The van der Waals surface area contributed by atoms with Gasteiger partial charge in [0.05, 0.1) is 11.1 Å². The molecule has 9 heteroatoms. The Labute approximate surface area is 179 Å². The van der Waals surface area contributed by atoms with Crippen LogP contribution in [0.5, 0.6) is 5.75 Å². The summed E-state index contributed by atoms with van der Waals surface area (Å²) in [5.41, 5.74) is 2.44. The zero-order chi connectivity index (χ0) is 20.9. The van der Waals surface area contributed by atoms with E-state index < -0.39 is 5.82 Å². The summed E-state index contributed by atoms with van der Waals surface area (Å²) in [4.78, 5) is 30.6. The third kappa shape index (κ3) is 3.55. The maximum absolute atomic E-state index is 13.4. The van der Waals surface area contributed by atoms with Crippen molar-refractivity contribution in [1.82, 2.24) is 16.1 Å². The zero-order valence-corrected chi connectivity index (χ0v) is 17.3. The summed E-state index contributed by atoms with van der Waals surface area (Å²) in [7, 11) is 0. The van der Waals surface area contributed by atoms with Gasteiger partial charge in [0.25, 0.3) is 5.91 Å². The van der Waals surface area contributed by atoms with Crippen molar-refractivity contribution in [2.45, 2.75) is 68.2 Å². The third-order valence-corrected chi connectivity index (χ3v) is 7.20. The number of rotatable bonds is 6. The normalized spacial score (nSPS) is 36.1. The fraction of sp³-hybridized carbons (Fsp3) is 0.619. The molecule has 162 valence electrons. The molecular weight excluding hydrogens is 413 g/mol. The van der Waals surface area contributed by atoms with Gasteiger partial charge in [-0.25, -0.2) is 4.39 Å². The Morgan fingerprint density at radius 1 is 1.20 bits per heavy atom. The van der Waals surface area contributed by atoms with Gasteiger partial charge in [0.1, 0.15) is 17.6 Å². The summed E-state index contributed by atoms with van der Waals surface area (Å²) in [5.74, 6) is -0.360. The van der Waals surface area contributed by atoms with E-state index in [1.54, 1.807) is 0 Å². The van der Waals surface area contributed by atoms with E-state index in [0.29, 0.717) is 19.3 Å². The Morgan fingerprint density at radius 3 is 2.70 bits per heavy atom. The molecule has 5 fully saturated rings. The third-order valence-electron chi connectivity index (χ3n) is 6.89. The highest BCUT2D eigenvalue weighted by molar-refractivity contribution is 6.30. The predicted octanol–water partition coefficient (Wildman–Crippen LogP) is 2.23. The first-order chi connectivity index (χ1) is 14.4. The number of carbonyl (C=O) groups excluding carboxylic acids is 2. The maximum Gasteiger partial charge on any atom is 0.258 e. The summed E-state index contributed by atoms with van der Waals surface area (Å²) < 4.78 is 18.8. The van der Waals surface area contributed by atoms with E-state index in [1.807, 2.05) is 0 Å². The van der Waals surface area contributed by atoms with E-state index in [1.165, 1.54) is 12.1 Å². The van der Waals surface area contributed by atoms with Crippen LogP contribution in [0.3, 0.4) is 0 Å². The van der Waals surface area contributed by atoms with E-state index in [9.17, 15) is 14.0 Å². The lowest BCUT2D eigenvalue weighted by Crippen LogP contribution is -2.84. The van der Waals surface area contributed by atoms with Gasteiger partial charge in [-0.2, -0.15) is 5.48 Å². The van der Waals surface area contributed by atoms with Gasteiger partial charge in [-0.3, -0.25) is 14.4 Å². The quantitative estimate of drug-likeness (QED) is 0.635. The van der Waals surface area contributed by atoms with Gasteiger partial charge in [0.2, 0.25) is 5.91 Å². The molecule has 5 aliphatic rings. The van der Waals surface area contributed by atoms with E-state index in [-0.39, 0.29) is 58.3 Å². The van der Waals surface area contributed by atoms with Crippen molar-refractivity contribution in [2.75, 3.05) is 6.61 Å². The standard InChI is InChI=1S/C21H25ClFN3O4/c22-14-6-5-12(7-15(14)23)29-8-17(27)24-20-9-21(10-20,11-20)25-19(28)18-13-3-1-2-4-16(13)30-26-18/h5-7,13,16,18,26H,1-4,8-11H2,(H,24,27)(H,25,28). The second-order valence-electron chi connectivity index (χ2n) is 9.19. The van der Waals surface area contributed by atoms with Crippen molar-refractivity contribution < 1.29 is 23.6 Å². The van der Waals surface area contributed by atoms with E-state index in [2.05, 4.69) is 16.1 Å². The van der Waals surface area contributed by atoms with Gasteiger partial charge in [-0.15, -0.1) is 0 Å². The van der Waals surface area contributed by atoms with Gasteiger partial charge in [-0.1, -0.05) is 24.4 Å². The molecule has 3 N–H and O–H groups in total. The number of ether oxygens (including phenoxy) is 1. The molecule has 1 aromatic rings. The molecule has 1 aromatic carbocycles. The predicted molar refractivity (Wildman–Crippen MR) is 106 cm³/mol. The van der Waals surface area contributed by atoms with Crippen molar-refractivity contribution in [3.05, 3.63) is 29.0 Å². The number of hydrogen-bond donors (Lipinski definition) is 3. The number of hydrogen-bond acceptors (Lipinski definition) is 5. The summed E-state index contributed by atoms with van der Waals surface area (Å²) in [6.07, 6.45) is 6.61. The minimum Gasteiger partial charge on any atom is -0.484 e. The Hall–Kier alpha value is -1.90. The Balaban J connectivity index is 1.07. The topological polar surface area (TPSA) is 88.7 Å². The average Bonchev–Trinajstić information content (AvgIpc) is 3.10. The van der Waals surface area contributed by atoms with Crippen LogP contribution < -0.4 is 20.9 Å². The van der Waals surface area contributed by atoms with E-state index in [4.69, 9.17) is 21.2 Å². The molecule has 0 aromatic heterocycles. The minimum atomic E-state index is -0.589. The van der Waals surface area contributed by atoms with Crippen molar-refractivity contribution in [1.29, 1.82) is 0 Å². The summed E-state index contributed by atoms with van der Waals surface area (Å²) in [6.45, 7) is -0.200. The minimum absolute atomic E-state index is 0.00266. The number of hydroxylamine groups is 1. The van der Waals surface area contributed by atoms with Crippen molar-refractivity contribution in [3.8, 4) is 5.75 Å². The van der Waals surface area contributed by atoms with E-state index in [0.717, 1.165) is 31.7 Å². The molecule has 2 bridgehead atoms. The molecule has 30 heavy (non-hydrogen) atoms. The smallest absolute Gasteiger partial charge is 0.258 e. The lowest BCUT2D eigenvalue weighted by molar-refractivity contribution is -0.152. The second-order valence-corrected chi connectivity index (χ2v) is 9.60. The Bertz CT molecular complexity index is 862. The summed E-state index contributed by atoms with van der Waals surface area (Å²) >= 11 is 5.64. The van der Waals surface area contributed by atoms with Crippen LogP contribution in [0.1, 0.15) is 44.9 Å². The largest absolute Gasteiger partial charge is 0.484 e. The lowest BCUT2D eigenvalue weighted by atomic mass is 9.44. The first kappa shape index (κ1) is 20.0. The van der Waals surface area contributed by atoms with Crippen molar-refractivity contribution >= 4 is 23.4 Å². The number of halogens is 2. The van der Waals surface area contributed by atoms with Crippen LogP contribution in [0.15, 0.2) is 18.2 Å². The van der Waals surface area contributed by atoms with Gasteiger partial charge in [0, 0.05) is 23.1 Å². The van der Waals surface area contributed by atoms with Crippen LogP contribution in [0.25, 0.3) is 0 Å². The first-order valence-electron chi connectivity index (χ1n) is 10.5. The van der Waals surface area contributed by atoms with Crippen LogP contribution in [0.2, 0.25) is 5.02 Å². The highest BCUT2D eigenvalue weighted by Gasteiger charge is 2.69. The molecule has 0 spiro atoms. The molecule has 0 radical (unpaired) electrons. The molecule has 7 nitrogen and oxygen atoms in total. The zero-order valence-electron chi connectivity index (χ0n) is 16.5. The van der Waals surface area contributed by atoms with Crippen LogP contribution in [0, 0.1) is 11.7 Å². The number of fused-ring (bicyclic) bond motifs is 1. The Morgan fingerprint density at radius 2 is 1.93 bits per heavy atom. The fourth-order valence-corrected chi connectivity index (χ4v) is 5.71. The monoisotopic (exact) mass is 437 g/mol. The number of benzene rings is 1. The molecule has 4 aliphatic carbocycles. The molecule has 6 rings (SSSR count). The molecule has 1 heterocycles. The van der Waals surface area contributed by atoms with E-state index >= 15 is 0 Å². The first-order valence-corrected chi connectivity index (χ1v) is 10.9. The summed E-state index contributed by atoms with van der Waals surface area (Å²) in [6, 6.07) is 3.76. The molecule has 1 aliphatic heterocycles. The fourth-order valence-electron chi connectivity index (χ4n) is 5.59. The van der Waals surface area contributed by atoms with Crippen molar-refractivity contribution in [3.63, 3.8) is 0 Å². The van der Waals surface area contributed by atoms with Crippen LogP contribution in [-0.4, -0.2) is 41.6 Å². The highest BCUT2D eigenvalue weighted by atomic mass is 35.5. The van der Waals surface area contributed by atoms with Crippen LogP contribution in [-0.2, 0) is 14.4 Å². The number of carbonyl (C=O) groups is 2. The van der Waals surface area contributed by atoms with Gasteiger partial charge >= 0.3 is 0 Å². The highest BCUT2D eigenvalue weighted by Crippen LogP contribution is 2.60. The molecule has 4 saturated carbocycles. The SMILES string of the molecule is O=C(COc1ccc(Cl)c(F)c1)NC12CC(NC(=O)C3NOC4CCCCC43)(C1)C2. The lowest BCUT2D eigenvalue weighted by Gasteiger charge is -2.70. The molecule has 3 unspecified atom stereocenters. The second kappa shape index (κ2) is 7.35.